The Morgan fingerprint density at radius 3 is 1.79 bits per heavy atom. The van der Waals surface area contributed by atoms with E-state index < -0.39 is 57.9 Å². The molecule has 1 unspecified atom stereocenters. The summed E-state index contributed by atoms with van der Waals surface area (Å²) in [5.41, 5.74) is -6.42. The number of alkyl halides is 9. The Labute approximate surface area is 216 Å². The van der Waals surface area contributed by atoms with Gasteiger partial charge in [-0.05, 0) is 30.5 Å². The van der Waals surface area contributed by atoms with Crippen LogP contribution in [0.1, 0.15) is 25.8 Å². The number of hydrogen-bond donors (Lipinski definition) is 1. The summed E-state index contributed by atoms with van der Waals surface area (Å²) in [4.78, 5) is 11.7. The highest BCUT2D eigenvalue weighted by molar-refractivity contribution is 8.13. The van der Waals surface area contributed by atoms with E-state index in [1.807, 2.05) is 0 Å². The minimum atomic E-state index is -8.00. The third-order valence-corrected chi connectivity index (χ3v) is 9.12. The average molecular weight is 646 g/mol. The maximum atomic E-state index is 14.1. The Kier molecular flexibility index (Phi) is 10.0. The van der Waals surface area contributed by atoms with Crippen LogP contribution in [0, 0.1) is 5.92 Å². The van der Waals surface area contributed by atoms with Gasteiger partial charge in [-0.3, -0.25) is 4.79 Å². The molecule has 0 aliphatic carbocycles. The standard InChI is InChI=1S/C17H18F9N2O8S3/c1-3-10(2)13(29)27-9-8-11-4-6-12(7-5-11)36-39(34,35)16(22,23)14(18,19)15(20,21)37(30,31)28-38(32,33)17(24,25)26/h4-7,10H,3,8-9H2,1-2H3,(H,27,29)/q-1. The number of carbonyl (C=O) groups excluding carboxylic acids is 1. The molecule has 0 saturated heterocycles. The fourth-order valence-corrected chi connectivity index (χ4v) is 5.46. The van der Waals surface area contributed by atoms with Gasteiger partial charge < -0.3 is 13.6 Å². The molecule has 0 bridgehead atoms. The van der Waals surface area contributed by atoms with E-state index in [2.05, 4.69) is 9.50 Å². The lowest BCUT2D eigenvalue weighted by atomic mass is 10.1. The second-order valence-corrected chi connectivity index (χ2v) is 12.7. The van der Waals surface area contributed by atoms with Gasteiger partial charge in [0.2, 0.25) is 5.91 Å². The predicted molar refractivity (Wildman–Crippen MR) is 114 cm³/mol. The Morgan fingerprint density at radius 2 is 1.36 bits per heavy atom. The van der Waals surface area contributed by atoms with Crippen molar-refractivity contribution in [2.24, 2.45) is 5.92 Å². The Morgan fingerprint density at radius 1 is 0.872 bits per heavy atom. The highest BCUT2D eigenvalue weighted by Gasteiger charge is 2.81. The number of benzene rings is 1. The monoisotopic (exact) mass is 645 g/mol. The number of sulfonamides is 2. The van der Waals surface area contributed by atoms with Crippen LogP contribution in [-0.4, -0.2) is 59.6 Å². The van der Waals surface area contributed by atoms with Crippen molar-refractivity contribution in [3.8, 4) is 5.75 Å². The van der Waals surface area contributed by atoms with Crippen LogP contribution in [-0.2, 0) is 41.4 Å². The fourth-order valence-electron chi connectivity index (χ4n) is 2.29. The first-order valence-electron chi connectivity index (χ1n) is 10.0. The van der Waals surface area contributed by atoms with Gasteiger partial charge in [0.05, 0.1) is 0 Å². The van der Waals surface area contributed by atoms with Gasteiger partial charge in [-0.2, -0.15) is 47.9 Å². The molecular weight excluding hydrogens is 627 g/mol. The summed E-state index contributed by atoms with van der Waals surface area (Å²) in [5.74, 6) is -9.39. The largest absolute Gasteiger partial charge is 0.480 e. The zero-order valence-electron chi connectivity index (χ0n) is 19.3. The minimum absolute atomic E-state index is 0.0602. The van der Waals surface area contributed by atoms with Crippen molar-refractivity contribution in [3.05, 3.63) is 34.0 Å². The van der Waals surface area contributed by atoms with Gasteiger partial charge >= 0.3 is 32.1 Å². The molecule has 10 nitrogen and oxygen atoms in total. The summed E-state index contributed by atoms with van der Waals surface area (Å²) in [6, 6.07) is 3.18. The van der Waals surface area contributed by atoms with Crippen LogP contribution >= 0.6 is 0 Å². The summed E-state index contributed by atoms with van der Waals surface area (Å²) < 4.78 is 192. The van der Waals surface area contributed by atoms with E-state index in [0.717, 1.165) is 12.1 Å². The van der Waals surface area contributed by atoms with Crippen molar-refractivity contribution in [1.29, 1.82) is 0 Å². The van der Waals surface area contributed by atoms with Gasteiger partial charge in [0.15, 0.2) is 20.0 Å². The number of nitrogens with zero attached hydrogens (tertiary/aromatic N) is 1. The van der Waals surface area contributed by atoms with Gasteiger partial charge in [0, 0.05) is 12.5 Å². The second-order valence-electron chi connectivity index (χ2n) is 7.61. The number of carbonyl (C=O) groups is 1. The highest BCUT2D eigenvalue weighted by Crippen LogP contribution is 2.53. The van der Waals surface area contributed by atoms with Gasteiger partial charge in [-0.15, -0.1) is 0 Å². The summed E-state index contributed by atoms with van der Waals surface area (Å²) in [6.07, 6.45) is 0.632. The van der Waals surface area contributed by atoms with E-state index in [-0.39, 0.29) is 24.8 Å². The Hall–Kier alpha value is -2.33. The van der Waals surface area contributed by atoms with Crippen LogP contribution in [0.5, 0.6) is 5.75 Å². The number of hydrogen-bond acceptors (Lipinski definition) is 8. The van der Waals surface area contributed by atoms with E-state index in [4.69, 9.17) is 0 Å². The lowest BCUT2D eigenvalue weighted by Gasteiger charge is -2.35. The average Bonchev–Trinajstić information content (AvgIpc) is 2.77. The second kappa shape index (κ2) is 11.3. The lowest BCUT2D eigenvalue weighted by molar-refractivity contribution is -0.245. The molecule has 0 radical (unpaired) electrons. The molecule has 1 rings (SSSR count). The third kappa shape index (κ3) is 7.06. The van der Waals surface area contributed by atoms with E-state index in [1.165, 1.54) is 0 Å². The Balaban J connectivity index is 3.18. The lowest BCUT2D eigenvalue weighted by Crippen LogP contribution is -2.61. The third-order valence-electron chi connectivity index (χ3n) is 4.76. The zero-order valence-corrected chi connectivity index (χ0v) is 21.8. The highest BCUT2D eigenvalue weighted by atomic mass is 32.3. The van der Waals surface area contributed by atoms with Crippen LogP contribution in [0.15, 0.2) is 24.3 Å². The van der Waals surface area contributed by atoms with E-state index in [9.17, 15) is 69.6 Å². The molecule has 1 amide bonds. The molecule has 0 heterocycles. The number of rotatable bonds is 13. The molecule has 1 aromatic carbocycles. The van der Waals surface area contributed by atoms with Gasteiger partial charge in [-0.1, -0.05) is 26.0 Å². The van der Waals surface area contributed by atoms with Gasteiger partial charge in [0.1, 0.15) is 5.75 Å². The van der Waals surface area contributed by atoms with Crippen LogP contribution < -0.4 is 9.50 Å². The van der Waals surface area contributed by atoms with E-state index in [1.54, 1.807) is 13.8 Å². The quantitative estimate of drug-likeness (QED) is 0.253. The normalized spacial score (nSPS) is 15.1. The van der Waals surface area contributed by atoms with Crippen molar-refractivity contribution in [3.63, 3.8) is 0 Å². The molecule has 22 heteroatoms. The summed E-state index contributed by atoms with van der Waals surface area (Å²) in [7, 11) is -22.7. The molecule has 0 saturated carbocycles. The van der Waals surface area contributed by atoms with Crippen LogP contribution in [0.25, 0.3) is 4.13 Å². The number of halogens is 9. The van der Waals surface area contributed by atoms with Crippen molar-refractivity contribution >= 4 is 36.1 Å². The maximum absolute atomic E-state index is 14.1. The summed E-state index contributed by atoms with van der Waals surface area (Å²) in [5, 5.41) is -12.1. The molecule has 0 aliphatic heterocycles. The SMILES string of the molecule is CCC(C)C(=O)NCCc1ccc(OS(=O)(=O)C(F)(F)C(F)(F)C(F)(F)S(=O)(=O)[N-]S(=O)(=O)C(F)(F)F)cc1. The topological polar surface area (TPSA) is 155 Å². The number of amides is 1. The predicted octanol–water partition coefficient (Wildman–Crippen LogP) is 3.47. The smallest absolute Gasteiger partial charge is 0.423 e. The maximum Gasteiger partial charge on any atom is 0.480 e. The fraction of sp³-hybridized carbons (Fsp3) is 0.588. The van der Waals surface area contributed by atoms with Crippen LogP contribution in [0.2, 0.25) is 0 Å². The molecule has 39 heavy (non-hydrogen) atoms. The van der Waals surface area contributed by atoms with E-state index in [0.29, 0.717) is 28.2 Å². The van der Waals surface area contributed by atoms with Crippen LogP contribution in [0.4, 0.5) is 39.5 Å². The van der Waals surface area contributed by atoms with Gasteiger partial charge in [0.25, 0.3) is 0 Å². The van der Waals surface area contributed by atoms with Gasteiger partial charge in [-0.25, -0.2) is 16.8 Å². The molecule has 0 spiro atoms. The molecule has 0 aliphatic rings. The first-order valence-corrected chi connectivity index (χ1v) is 14.3. The minimum Gasteiger partial charge on any atom is -0.423 e. The first-order chi connectivity index (χ1) is 17.3. The summed E-state index contributed by atoms with van der Waals surface area (Å²) in [6.45, 7) is 3.46. The molecule has 1 atom stereocenters. The zero-order chi connectivity index (χ0) is 30.9. The van der Waals surface area contributed by atoms with Crippen LogP contribution in [0.3, 0.4) is 0 Å². The van der Waals surface area contributed by atoms with Crippen molar-refractivity contribution in [2.75, 3.05) is 6.54 Å². The van der Waals surface area contributed by atoms with Crippen molar-refractivity contribution < 1.29 is 73.7 Å². The van der Waals surface area contributed by atoms with Crippen molar-refractivity contribution in [2.45, 2.75) is 48.6 Å². The Bertz CT molecular complexity index is 1360. The molecule has 0 fully saturated rings. The van der Waals surface area contributed by atoms with Crippen molar-refractivity contribution in [1.82, 2.24) is 5.32 Å². The molecule has 1 aromatic rings. The van der Waals surface area contributed by atoms with E-state index >= 15 is 0 Å². The summed E-state index contributed by atoms with van der Waals surface area (Å²) >= 11 is 0. The number of nitrogens with one attached hydrogen (secondary N) is 1. The molecular formula is C17H18F9N2O8S3-. The molecule has 0 aromatic heterocycles. The molecule has 226 valence electrons. The molecule has 1 N–H and O–H groups in total. The first kappa shape index (κ1) is 34.7.